The summed E-state index contributed by atoms with van der Waals surface area (Å²) in [6.07, 6.45) is 0. The molecule has 0 aliphatic carbocycles. The maximum absolute atomic E-state index is 11.9. The lowest BCUT2D eigenvalue weighted by atomic mass is 10.1. The molecule has 0 aliphatic heterocycles. The van der Waals surface area contributed by atoms with Crippen LogP contribution in [0.4, 0.5) is 0 Å². The average molecular weight is 223 g/mol. The van der Waals surface area contributed by atoms with E-state index in [1.54, 1.807) is 39.5 Å². The second kappa shape index (κ2) is 5.51. The van der Waals surface area contributed by atoms with Gasteiger partial charge in [-0.3, -0.25) is 4.79 Å². The second-order valence-corrected chi connectivity index (χ2v) is 3.44. The minimum atomic E-state index is -0.210. The van der Waals surface area contributed by atoms with E-state index in [0.717, 1.165) is 0 Å². The van der Waals surface area contributed by atoms with Gasteiger partial charge >= 0.3 is 0 Å². The van der Waals surface area contributed by atoms with E-state index < -0.39 is 0 Å². The molecule has 0 aromatic heterocycles. The van der Waals surface area contributed by atoms with Crippen LogP contribution in [-0.2, 0) is 0 Å². The van der Waals surface area contributed by atoms with Gasteiger partial charge in [-0.15, -0.1) is 0 Å². The topological polar surface area (TPSA) is 47.6 Å². The molecule has 0 radical (unpaired) electrons. The number of ether oxygens (including phenoxy) is 2. The van der Waals surface area contributed by atoms with E-state index in [1.807, 2.05) is 6.92 Å². The number of hydrogen-bond donors (Lipinski definition) is 1. The first-order valence-electron chi connectivity index (χ1n) is 5.07. The monoisotopic (exact) mass is 223 g/mol. The van der Waals surface area contributed by atoms with E-state index in [1.165, 1.54) is 0 Å². The number of carbonyl (C=O) groups excluding carboxylic acids is 1. The molecule has 1 atom stereocenters. The molecule has 88 valence electrons. The molecule has 4 heteroatoms. The quantitative estimate of drug-likeness (QED) is 0.768. The fourth-order valence-corrected chi connectivity index (χ4v) is 1.37. The van der Waals surface area contributed by atoms with Crippen molar-refractivity contribution in [1.82, 2.24) is 5.32 Å². The first kappa shape index (κ1) is 12.5. The number of nitrogens with one attached hydrogen (secondary N) is 1. The van der Waals surface area contributed by atoms with Crippen molar-refractivity contribution in [2.75, 3.05) is 21.3 Å². The van der Waals surface area contributed by atoms with Gasteiger partial charge in [-0.25, -0.2) is 0 Å². The minimum absolute atomic E-state index is 0.0310. The molecule has 1 aromatic rings. The van der Waals surface area contributed by atoms with Gasteiger partial charge in [0.15, 0.2) is 17.3 Å². The zero-order valence-electron chi connectivity index (χ0n) is 10.0. The van der Waals surface area contributed by atoms with Crippen molar-refractivity contribution in [2.24, 2.45) is 0 Å². The van der Waals surface area contributed by atoms with Gasteiger partial charge in [-0.1, -0.05) is 0 Å². The molecule has 0 spiro atoms. The molecule has 0 aliphatic rings. The van der Waals surface area contributed by atoms with Crippen molar-refractivity contribution in [3.63, 3.8) is 0 Å². The molecule has 0 heterocycles. The van der Waals surface area contributed by atoms with E-state index in [-0.39, 0.29) is 11.8 Å². The largest absolute Gasteiger partial charge is 0.493 e. The molecule has 1 N–H and O–H groups in total. The lowest BCUT2D eigenvalue weighted by Gasteiger charge is -2.12. The zero-order chi connectivity index (χ0) is 12.1. The molecule has 0 saturated heterocycles. The van der Waals surface area contributed by atoms with E-state index in [0.29, 0.717) is 17.1 Å². The molecule has 1 rings (SSSR count). The Morgan fingerprint density at radius 1 is 1.25 bits per heavy atom. The minimum Gasteiger partial charge on any atom is -0.493 e. The Morgan fingerprint density at radius 3 is 2.38 bits per heavy atom. The number of Topliss-reactive ketones (excluding diaryl/α,β-unsaturated/α-hetero) is 1. The van der Waals surface area contributed by atoms with Crippen molar-refractivity contribution in [2.45, 2.75) is 13.0 Å². The van der Waals surface area contributed by atoms with Crippen molar-refractivity contribution in [3.8, 4) is 11.5 Å². The first-order valence-corrected chi connectivity index (χ1v) is 5.07. The van der Waals surface area contributed by atoms with E-state index in [2.05, 4.69) is 5.32 Å². The highest BCUT2D eigenvalue weighted by Gasteiger charge is 2.15. The number of benzene rings is 1. The van der Waals surface area contributed by atoms with Crippen LogP contribution in [0.3, 0.4) is 0 Å². The molecule has 0 bridgehead atoms. The average Bonchev–Trinajstić information content (AvgIpc) is 2.35. The Bertz CT molecular complexity index is 377. The van der Waals surface area contributed by atoms with Gasteiger partial charge in [0, 0.05) is 5.56 Å². The molecule has 0 saturated carbocycles. The first-order chi connectivity index (χ1) is 7.63. The fourth-order valence-electron chi connectivity index (χ4n) is 1.37. The molecular formula is C12H17NO3. The van der Waals surface area contributed by atoms with E-state index in [4.69, 9.17) is 9.47 Å². The standard InChI is InChI=1S/C12H17NO3/c1-8(13-2)12(14)9-5-6-10(15-3)11(7-9)16-4/h5-8,13H,1-4H3/t8-/m0/s1. The predicted octanol–water partition coefficient (Wildman–Crippen LogP) is 1.49. The Morgan fingerprint density at radius 2 is 1.88 bits per heavy atom. The summed E-state index contributed by atoms with van der Waals surface area (Å²) >= 11 is 0. The number of likely N-dealkylation sites (N-methyl/N-ethyl adjacent to an activating group) is 1. The fraction of sp³-hybridized carbons (Fsp3) is 0.417. The van der Waals surface area contributed by atoms with E-state index in [9.17, 15) is 4.79 Å². The normalized spacial score (nSPS) is 12.0. The van der Waals surface area contributed by atoms with Crippen molar-refractivity contribution >= 4 is 5.78 Å². The summed E-state index contributed by atoms with van der Waals surface area (Å²) in [6, 6.07) is 4.94. The number of hydrogen-bond acceptors (Lipinski definition) is 4. The molecule has 0 fully saturated rings. The van der Waals surface area contributed by atoms with Crippen LogP contribution in [0.15, 0.2) is 18.2 Å². The third-order valence-corrected chi connectivity index (χ3v) is 2.49. The Labute approximate surface area is 95.6 Å². The predicted molar refractivity (Wildman–Crippen MR) is 62.4 cm³/mol. The van der Waals surface area contributed by atoms with Crippen molar-refractivity contribution in [1.29, 1.82) is 0 Å². The third-order valence-electron chi connectivity index (χ3n) is 2.49. The summed E-state index contributed by atoms with van der Waals surface area (Å²) in [5.41, 5.74) is 0.611. The second-order valence-electron chi connectivity index (χ2n) is 3.44. The van der Waals surface area contributed by atoms with Gasteiger partial charge < -0.3 is 14.8 Å². The van der Waals surface area contributed by atoms with Crippen LogP contribution < -0.4 is 14.8 Å². The summed E-state index contributed by atoms with van der Waals surface area (Å²) in [6.45, 7) is 1.82. The lowest BCUT2D eigenvalue weighted by molar-refractivity contribution is 0.0954. The van der Waals surface area contributed by atoms with E-state index >= 15 is 0 Å². The van der Waals surface area contributed by atoms with Crippen molar-refractivity contribution in [3.05, 3.63) is 23.8 Å². The summed E-state index contributed by atoms with van der Waals surface area (Å²) in [5, 5.41) is 2.91. The molecule has 0 amide bonds. The van der Waals surface area contributed by atoms with Crippen LogP contribution in [-0.4, -0.2) is 33.1 Å². The molecule has 1 aromatic carbocycles. The number of methoxy groups -OCH3 is 2. The van der Waals surface area contributed by atoms with Crippen LogP contribution in [0.2, 0.25) is 0 Å². The van der Waals surface area contributed by atoms with Crippen LogP contribution in [0.5, 0.6) is 11.5 Å². The van der Waals surface area contributed by atoms with Crippen LogP contribution in [0.25, 0.3) is 0 Å². The number of ketones is 1. The lowest BCUT2D eigenvalue weighted by Crippen LogP contribution is -2.30. The van der Waals surface area contributed by atoms with Crippen LogP contribution in [0.1, 0.15) is 17.3 Å². The summed E-state index contributed by atoms with van der Waals surface area (Å²) in [7, 11) is 4.87. The Hall–Kier alpha value is -1.55. The van der Waals surface area contributed by atoms with Gasteiger partial charge in [0.25, 0.3) is 0 Å². The van der Waals surface area contributed by atoms with Gasteiger partial charge in [-0.2, -0.15) is 0 Å². The zero-order valence-corrected chi connectivity index (χ0v) is 10.0. The SMILES string of the molecule is CN[C@@H](C)C(=O)c1ccc(OC)c(OC)c1. The summed E-state index contributed by atoms with van der Waals surface area (Å²) in [5.74, 6) is 1.22. The van der Waals surface area contributed by atoms with Crippen molar-refractivity contribution < 1.29 is 14.3 Å². The van der Waals surface area contributed by atoms with Gasteiger partial charge in [0.1, 0.15) is 0 Å². The smallest absolute Gasteiger partial charge is 0.179 e. The maximum atomic E-state index is 11.9. The highest BCUT2D eigenvalue weighted by Crippen LogP contribution is 2.27. The highest BCUT2D eigenvalue weighted by molar-refractivity contribution is 6.00. The van der Waals surface area contributed by atoms with Gasteiger partial charge in [-0.05, 0) is 32.2 Å². The number of carbonyl (C=O) groups is 1. The maximum Gasteiger partial charge on any atom is 0.179 e. The molecular weight excluding hydrogens is 206 g/mol. The third kappa shape index (κ3) is 2.52. The summed E-state index contributed by atoms with van der Waals surface area (Å²) < 4.78 is 10.2. The molecule has 0 unspecified atom stereocenters. The highest BCUT2D eigenvalue weighted by atomic mass is 16.5. The molecule has 16 heavy (non-hydrogen) atoms. The Kier molecular flexibility index (Phi) is 4.31. The Balaban J connectivity index is 3.03. The van der Waals surface area contributed by atoms with Crippen LogP contribution >= 0.6 is 0 Å². The summed E-state index contributed by atoms with van der Waals surface area (Å²) in [4.78, 5) is 11.9. The molecule has 4 nitrogen and oxygen atoms in total. The van der Waals surface area contributed by atoms with Gasteiger partial charge in [0.05, 0.1) is 20.3 Å². The number of rotatable bonds is 5. The van der Waals surface area contributed by atoms with Gasteiger partial charge in [0.2, 0.25) is 0 Å². The van der Waals surface area contributed by atoms with Crippen LogP contribution in [0, 0.1) is 0 Å².